The third kappa shape index (κ3) is 4.56. The second kappa shape index (κ2) is 4.90. The zero-order chi connectivity index (χ0) is 7.28. The fourth-order valence-corrected chi connectivity index (χ4v) is 1.02. The van der Waals surface area contributed by atoms with Gasteiger partial charge in [-0.05, 0) is 0 Å². The molecule has 2 unspecified atom stereocenters. The Morgan fingerprint density at radius 1 is 1.00 bits per heavy atom. The maximum Gasteiger partial charge on any atom is 0.126 e. The average Bonchev–Trinajstić information content (AvgIpc) is 1.87. The molecule has 0 aromatic rings. The van der Waals surface area contributed by atoms with Gasteiger partial charge >= 0.3 is 0 Å². The third-order valence-electron chi connectivity index (χ3n) is 2.20. The molecule has 0 aliphatic carbocycles. The molecule has 0 spiro atoms. The van der Waals surface area contributed by atoms with Crippen LogP contribution in [0.4, 0.5) is 0 Å². The summed E-state index contributed by atoms with van der Waals surface area (Å²) in [5, 5.41) is 0. The van der Waals surface area contributed by atoms with Gasteiger partial charge < -0.3 is 0 Å². The topological polar surface area (TPSA) is 0 Å². The summed E-state index contributed by atoms with van der Waals surface area (Å²) in [4.78, 5) is 0. The van der Waals surface area contributed by atoms with Gasteiger partial charge in [0.05, 0.1) is 0 Å². The smallest absolute Gasteiger partial charge is 0.0694 e. The van der Waals surface area contributed by atoms with Crippen LogP contribution in [0.1, 0.15) is 40.5 Å². The number of hydrogen-bond donors (Lipinski definition) is 0. The van der Waals surface area contributed by atoms with E-state index in [-0.39, 0.29) is 0 Å². The minimum absolute atomic E-state index is 0.931. The first-order chi connectivity index (χ1) is 4.20. The molecular weight excluding hydrogens is 107 g/mol. The molecule has 0 radical (unpaired) electrons. The molecule has 0 aliphatic heterocycles. The molecule has 0 rings (SSSR count). The summed E-state index contributed by atoms with van der Waals surface area (Å²) < 4.78 is 0. The minimum atomic E-state index is 0.931. The van der Waals surface area contributed by atoms with E-state index >= 15 is 0 Å². The van der Waals surface area contributed by atoms with Crippen molar-refractivity contribution < 1.29 is 0 Å². The number of rotatable bonds is 4. The van der Waals surface area contributed by atoms with Crippen molar-refractivity contribution in [1.82, 2.24) is 0 Å². The Kier molecular flexibility index (Phi) is 4.93. The maximum atomic E-state index is 2.34. The van der Waals surface area contributed by atoms with Crippen LogP contribution < -0.4 is 0 Å². The van der Waals surface area contributed by atoms with E-state index in [2.05, 4.69) is 27.7 Å². The Morgan fingerprint density at radius 2 is 1.33 bits per heavy atom. The maximum absolute atomic E-state index is 2.34. The van der Waals surface area contributed by atoms with Gasteiger partial charge in [-0.3, -0.25) is 0 Å². The highest BCUT2D eigenvalue weighted by atomic mass is 13.9. The lowest BCUT2D eigenvalue weighted by Gasteiger charge is -2.10. The van der Waals surface area contributed by atoms with Gasteiger partial charge in [0, 0.05) is 0 Å². The Balaban J connectivity index is 3.22. The average molecular weight is 126 g/mol. The first-order valence-electron chi connectivity index (χ1n) is 4.20. The SMILES string of the molecule is CCC(C)BC(C)CC. The second-order valence-corrected chi connectivity index (χ2v) is 3.26. The molecule has 0 amide bonds. The van der Waals surface area contributed by atoms with Crippen molar-refractivity contribution in [3.05, 3.63) is 0 Å². The summed E-state index contributed by atoms with van der Waals surface area (Å²) in [5.41, 5.74) is 0. The van der Waals surface area contributed by atoms with E-state index in [0.717, 1.165) is 11.6 Å². The van der Waals surface area contributed by atoms with Crippen LogP contribution in [-0.2, 0) is 0 Å². The van der Waals surface area contributed by atoms with Crippen molar-refractivity contribution in [2.45, 2.75) is 52.2 Å². The van der Waals surface area contributed by atoms with Crippen LogP contribution in [0, 0.1) is 0 Å². The zero-order valence-electron chi connectivity index (χ0n) is 7.28. The lowest BCUT2D eigenvalue weighted by Crippen LogP contribution is -2.03. The van der Waals surface area contributed by atoms with E-state index in [1.54, 1.807) is 0 Å². The Morgan fingerprint density at radius 3 is 1.56 bits per heavy atom. The first kappa shape index (κ1) is 9.06. The molecule has 0 heterocycles. The Bertz CT molecular complexity index is 53.6. The molecule has 1 heteroatoms. The van der Waals surface area contributed by atoms with E-state index < -0.39 is 0 Å². The van der Waals surface area contributed by atoms with E-state index in [1.165, 1.54) is 20.1 Å². The highest BCUT2D eigenvalue weighted by molar-refractivity contribution is 6.39. The standard InChI is InChI=1S/C8H19B/c1-5-7(3)9-8(4)6-2/h7-9H,5-6H2,1-4H3. The van der Waals surface area contributed by atoms with Crippen molar-refractivity contribution in [3.63, 3.8) is 0 Å². The Labute approximate surface area is 60.3 Å². The molecule has 0 saturated carbocycles. The zero-order valence-corrected chi connectivity index (χ0v) is 7.28. The lowest BCUT2D eigenvalue weighted by atomic mass is 9.54. The van der Waals surface area contributed by atoms with Gasteiger partial charge in [-0.1, -0.05) is 52.2 Å². The minimum Gasteiger partial charge on any atom is -0.0694 e. The number of hydrogen-bond acceptors (Lipinski definition) is 0. The van der Waals surface area contributed by atoms with Crippen LogP contribution in [-0.4, -0.2) is 7.28 Å². The van der Waals surface area contributed by atoms with Crippen molar-refractivity contribution in [2.75, 3.05) is 0 Å². The van der Waals surface area contributed by atoms with Crippen LogP contribution in [0.15, 0.2) is 0 Å². The van der Waals surface area contributed by atoms with E-state index in [1.807, 2.05) is 0 Å². The van der Waals surface area contributed by atoms with E-state index in [4.69, 9.17) is 0 Å². The molecule has 0 aliphatic rings. The largest absolute Gasteiger partial charge is 0.126 e. The van der Waals surface area contributed by atoms with Gasteiger partial charge in [0.15, 0.2) is 0 Å². The lowest BCUT2D eigenvalue weighted by molar-refractivity contribution is 0.803. The fraction of sp³-hybridized carbons (Fsp3) is 1.00. The molecule has 9 heavy (non-hydrogen) atoms. The van der Waals surface area contributed by atoms with Crippen LogP contribution in [0.25, 0.3) is 0 Å². The summed E-state index contributed by atoms with van der Waals surface area (Å²) in [6.45, 7) is 9.22. The summed E-state index contributed by atoms with van der Waals surface area (Å²) in [6, 6.07) is 0. The summed E-state index contributed by atoms with van der Waals surface area (Å²) >= 11 is 0. The highest BCUT2D eigenvalue weighted by Crippen LogP contribution is 2.16. The van der Waals surface area contributed by atoms with Crippen molar-refractivity contribution in [2.24, 2.45) is 0 Å². The molecule has 0 nitrogen and oxygen atoms in total. The van der Waals surface area contributed by atoms with Crippen LogP contribution in [0.5, 0.6) is 0 Å². The normalized spacial score (nSPS) is 16.9. The first-order valence-corrected chi connectivity index (χ1v) is 4.20. The van der Waals surface area contributed by atoms with Crippen LogP contribution >= 0.6 is 0 Å². The highest BCUT2D eigenvalue weighted by Gasteiger charge is 2.06. The van der Waals surface area contributed by atoms with Crippen molar-refractivity contribution >= 4 is 7.28 Å². The molecule has 0 saturated heterocycles. The molecule has 0 N–H and O–H groups in total. The quantitative estimate of drug-likeness (QED) is 0.508. The van der Waals surface area contributed by atoms with Crippen LogP contribution in [0.3, 0.4) is 0 Å². The molecule has 0 aromatic carbocycles. The Hall–Kier alpha value is 0.0649. The van der Waals surface area contributed by atoms with E-state index in [9.17, 15) is 0 Å². The van der Waals surface area contributed by atoms with Gasteiger partial charge in [-0.2, -0.15) is 0 Å². The molecule has 0 aromatic heterocycles. The van der Waals surface area contributed by atoms with Gasteiger partial charge in [-0.15, -0.1) is 0 Å². The monoisotopic (exact) mass is 126 g/mol. The van der Waals surface area contributed by atoms with Gasteiger partial charge in [0.2, 0.25) is 0 Å². The summed E-state index contributed by atoms with van der Waals surface area (Å²) in [6.07, 6.45) is 2.68. The summed E-state index contributed by atoms with van der Waals surface area (Å²) in [5.74, 6) is 1.86. The third-order valence-corrected chi connectivity index (χ3v) is 2.20. The van der Waals surface area contributed by atoms with Gasteiger partial charge in [-0.25, -0.2) is 0 Å². The summed E-state index contributed by atoms with van der Waals surface area (Å²) in [7, 11) is 1.41. The van der Waals surface area contributed by atoms with E-state index in [0.29, 0.717) is 0 Å². The molecule has 54 valence electrons. The fourth-order valence-electron chi connectivity index (χ4n) is 1.02. The van der Waals surface area contributed by atoms with Crippen molar-refractivity contribution in [3.8, 4) is 0 Å². The predicted molar refractivity (Wildman–Crippen MR) is 46.6 cm³/mol. The van der Waals surface area contributed by atoms with Crippen molar-refractivity contribution in [1.29, 1.82) is 0 Å². The van der Waals surface area contributed by atoms with Gasteiger partial charge in [0.25, 0.3) is 0 Å². The second-order valence-electron chi connectivity index (χ2n) is 3.26. The molecule has 2 atom stereocenters. The molecular formula is C8H19B. The van der Waals surface area contributed by atoms with Crippen LogP contribution in [0.2, 0.25) is 11.6 Å². The van der Waals surface area contributed by atoms with Gasteiger partial charge in [0.1, 0.15) is 7.28 Å². The molecule has 0 bridgehead atoms. The predicted octanol–water partition coefficient (Wildman–Crippen LogP) is 2.86. The molecule has 0 fully saturated rings.